The van der Waals surface area contributed by atoms with E-state index >= 15 is 0 Å². The Labute approximate surface area is 194 Å². The molecule has 0 bridgehead atoms. The van der Waals surface area contributed by atoms with Crippen molar-refractivity contribution in [1.29, 1.82) is 5.26 Å². The molecule has 5 rings (SSSR count). The molecule has 1 saturated heterocycles. The van der Waals surface area contributed by atoms with Gasteiger partial charge in [0.1, 0.15) is 5.41 Å². The predicted octanol–water partition coefficient (Wildman–Crippen LogP) is 1.18. The SMILES string of the molecule is [2H]C([2H])([2H])n1cc(-c2cn3ncc(C(N)=O)c(N[C@@H]4CN(C(=O)C5(C#N)CC5)C[C@@H]4CC)c3n2)cn1. The number of nitrogens with two attached hydrogens (primary N) is 1. The summed E-state index contributed by atoms with van der Waals surface area (Å²) in [4.78, 5) is 31.6. The third kappa shape index (κ3) is 3.47. The molecule has 1 saturated carbocycles. The van der Waals surface area contributed by atoms with E-state index in [0.717, 1.165) is 11.1 Å². The van der Waals surface area contributed by atoms with Crippen molar-refractivity contribution in [1.82, 2.24) is 29.3 Å². The third-order valence-corrected chi connectivity index (χ3v) is 6.59. The number of aryl methyl sites for hydroxylation is 1. The van der Waals surface area contributed by atoms with Gasteiger partial charge in [-0.15, -0.1) is 0 Å². The number of fused-ring (bicyclic) bond motifs is 1. The van der Waals surface area contributed by atoms with Crippen molar-refractivity contribution in [2.45, 2.75) is 32.2 Å². The predicted molar refractivity (Wildman–Crippen MR) is 119 cm³/mol. The van der Waals surface area contributed by atoms with Gasteiger partial charge in [-0.1, -0.05) is 6.92 Å². The molecule has 1 aliphatic carbocycles. The van der Waals surface area contributed by atoms with Gasteiger partial charge in [0.25, 0.3) is 5.91 Å². The van der Waals surface area contributed by atoms with Crippen molar-refractivity contribution in [3.8, 4) is 17.3 Å². The average Bonchev–Trinajstić information content (AvgIpc) is 3.19. The molecule has 2 amide bonds. The average molecular weight is 451 g/mol. The van der Waals surface area contributed by atoms with Gasteiger partial charge in [0, 0.05) is 42.0 Å². The van der Waals surface area contributed by atoms with E-state index in [1.54, 1.807) is 11.1 Å². The second kappa shape index (κ2) is 7.58. The van der Waals surface area contributed by atoms with Gasteiger partial charge < -0.3 is 16.0 Å². The molecule has 2 aliphatic rings. The number of nitrogens with zero attached hydrogens (tertiary/aromatic N) is 7. The minimum absolute atomic E-state index is 0.0873. The van der Waals surface area contributed by atoms with E-state index in [9.17, 15) is 14.9 Å². The number of nitriles is 1. The number of likely N-dealkylation sites (tertiary alicyclic amines) is 1. The number of rotatable bonds is 6. The van der Waals surface area contributed by atoms with E-state index in [-0.39, 0.29) is 23.4 Å². The van der Waals surface area contributed by atoms with E-state index in [0.29, 0.717) is 48.5 Å². The number of primary amides is 1. The maximum atomic E-state index is 13.0. The van der Waals surface area contributed by atoms with Crippen LogP contribution >= 0.6 is 0 Å². The van der Waals surface area contributed by atoms with Crippen LogP contribution in [0, 0.1) is 22.7 Å². The first-order valence-electron chi connectivity index (χ1n) is 12.3. The van der Waals surface area contributed by atoms with Crippen LogP contribution in [0.1, 0.15) is 40.7 Å². The number of hydrogen-bond acceptors (Lipinski definition) is 7. The summed E-state index contributed by atoms with van der Waals surface area (Å²) in [5.74, 6) is -0.742. The van der Waals surface area contributed by atoms with Gasteiger partial charge in [0.15, 0.2) is 5.65 Å². The summed E-state index contributed by atoms with van der Waals surface area (Å²) in [6.45, 7) is 0.495. The smallest absolute Gasteiger partial charge is 0.252 e. The molecule has 1 aliphatic heterocycles. The summed E-state index contributed by atoms with van der Waals surface area (Å²) in [6.07, 6.45) is 7.67. The molecule has 33 heavy (non-hydrogen) atoms. The highest BCUT2D eigenvalue weighted by atomic mass is 16.2. The highest BCUT2D eigenvalue weighted by molar-refractivity contribution is 6.01. The van der Waals surface area contributed by atoms with Gasteiger partial charge in [-0.05, 0) is 25.2 Å². The van der Waals surface area contributed by atoms with Crippen LogP contribution in [0.5, 0.6) is 0 Å². The number of anilines is 1. The molecule has 0 spiro atoms. The minimum Gasteiger partial charge on any atom is -0.376 e. The minimum atomic E-state index is -2.42. The number of imidazole rings is 1. The molecule has 4 heterocycles. The second-order valence-electron chi connectivity index (χ2n) is 8.69. The van der Waals surface area contributed by atoms with Crippen molar-refractivity contribution in [3.63, 3.8) is 0 Å². The standard InChI is InChI=1S/C22H25N9O2/c1-3-13-9-30(21(33)22(12-23)4-5-22)10-16(13)27-18-15(19(24)32)7-26-31-11-17(28-20(18)31)14-6-25-29(2)8-14/h6-8,11,13,16,27H,3-5,9-10H2,1-2H3,(H2,24,32)/t13-,16+/m0/s1/i2D3. The number of hydrogen-bond donors (Lipinski definition) is 2. The lowest BCUT2D eigenvalue weighted by Crippen LogP contribution is -2.36. The first-order valence-corrected chi connectivity index (χ1v) is 10.8. The maximum absolute atomic E-state index is 13.0. The van der Waals surface area contributed by atoms with Crippen LogP contribution < -0.4 is 11.1 Å². The van der Waals surface area contributed by atoms with Crippen LogP contribution in [0.2, 0.25) is 0 Å². The Hall–Kier alpha value is -3.94. The van der Waals surface area contributed by atoms with Crippen molar-refractivity contribution >= 4 is 23.1 Å². The Morgan fingerprint density at radius 1 is 1.33 bits per heavy atom. The van der Waals surface area contributed by atoms with Crippen molar-refractivity contribution in [2.75, 3.05) is 18.4 Å². The normalized spacial score (nSPS) is 22.9. The van der Waals surface area contributed by atoms with E-state index in [4.69, 9.17) is 9.85 Å². The van der Waals surface area contributed by atoms with Gasteiger partial charge in [-0.2, -0.15) is 15.5 Å². The van der Waals surface area contributed by atoms with E-state index in [1.807, 2.05) is 6.92 Å². The fourth-order valence-corrected chi connectivity index (χ4v) is 4.46. The van der Waals surface area contributed by atoms with Crippen molar-refractivity contribution < 1.29 is 13.7 Å². The monoisotopic (exact) mass is 450 g/mol. The third-order valence-electron chi connectivity index (χ3n) is 6.59. The van der Waals surface area contributed by atoms with Gasteiger partial charge in [0.05, 0.1) is 41.6 Å². The first-order chi connectivity index (χ1) is 17.1. The molecule has 11 nitrogen and oxygen atoms in total. The Morgan fingerprint density at radius 2 is 2.15 bits per heavy atom. The molecule has 3 aromatic heterocycles. The molecule has 0 aromatic carbocycles. The Kier molecular flexibility index (Phi) is 4.04. The topological polar surface area (TPSA) is 147 Å². The van der Waals surface area contributed by atoms with Crippen LogP contribution in [0.4, 0.5) is 5.69 Å². The molecule has 170 valence electrons. The van der Waals surface area contributed by atoms with Crippen LogP contribution in [-0.4, -0.2) is 60.2 Å². The Morgan fingerprint density at radius 3 is 2.79 bits per heavy atom. The highest BCUT2D eigenvalue weighted by Crippen LogP contribution is 2.47. The number of nitrogens with one attached hydrogen (secondary N) is 1. The zero-order chi connectivity index (χ0) is 25.8. The lowest BCUT2D eigenvalue weighted by molar-refractivity contribution is -0.134. The quantitative estimate of drug-likeness (QED) is 0.573. The van der Waals surface area contributed by atoms with E-state index in [1.165, 1.54) is 23.1 Å². The highest BCUT2D eigenvalue weighted by Gasteiger charge is 2.54. The van der Waals surface area contributed by atoms with E-state index in [2.05, 4.69) is 26.6 Å². The largest absolute Gasteiger partial charge is 0.376 e. The fourth-order valence-electron chi connectivity index (χ4n) is 4.46. The molecule has 3 aromatic rings. The summed E-state index contributed by atoms with van der Waals surface area (Å²) < 4.78 is 24.9. The van der Waals surface area contributed by atoms with Crippen molar-refractivity contribution in [2.24, 2.45) is 24.0 Å². The molecule has 0 unspecified atom stereocenters. The molecule has 2 fully saturated rings. The maximum Gasteiger partial charge on any atom is 0.252 e. The zero-order valence-corrected chi connectivity index (χ0v) is 18.0. The number of carbonyl (C=O) groups excluding carboxylic acids is 2. The number of carbonyl (C=O) groups is 2. The Bertz CT molecular complexity index is 1400. The molecule has 0 radical (unpaired) electrons. The lowest BCUT2D eigenvalue weighted by Gasteiger charge is -2.21. The number of aromatic nitrogens is 5. The van der Waals surface area contributed by atoms with Crippen LogP contribution in [-0.2, 0) is 11.8 Å². The summed E-state index contributed by atoms with van der Waals surface area (Å²) >= 11 is 0. The fraction of sp³-hybridized carbons (Fsp3) is 0.455. The molecule has 11 heteroatoms. The number of amides is 2. The molecule has 2 atom stereocenters. The summed E-state index contributed by atoms with van der Waals surface area (Å²) in [5.41, 5.74) is 6.50. The van der Waals surface area contributed by atoms with Crippen LogP contribution in [0.25, 0.3) is 16.9 Å². The van der Waals surface area contributed by atoms with Gasteiger partial charge in [-0.25, -0.2) is 9.50 Å². The zero-order valence-electron chi connectivity index (χ0n) is 21.0. The summed E-state index contributed by atoms with van der Waals surface area (Å²) in [5, 5.41) is 21.0. The molecular formula is C22H25N9O2. The Balaban J connectivity index is 1.49. The second-order valence-corrected chi connectivity index (χ2v) is 8.69. The van der Waals surface area contributed by atoms with Gasteiger partial charge in [0.2, 0.25) is 5.91 Å². The van der Waals surface area contributed by atoms with Crippen molar-refractivity contribution in [3.05, 3.63) is 30.4 Å². The first kappa shape index (κ1) is 17.6. The molecule has 3 N–H and O–H groups in total. The van der Waals surface area contributed by atoms with Crippen LogP contribution in [0.15, 0.2) is 24.8 Å². The molecular weight excluding hydrogens is 422 g/mol. The van der Waals surface area contributed by atoms with Crippen LogP contribution in [0.3, 0.4) is 0 Å². The summed E-state index contributed by atoms with van der Waals surface area (Å²) in [7, 11) is 0. The van der Waals surface area contributed by atoms with Gasteiger partial charge in [-0.3, -0.25) is 14.3 Å². The lowest BCUT2D eigenvalue weighted by atomic mass is 10.0. The van der Waals surface area contributed by atoms with E-state index < -0.39 is 18.3 Å². The van der Waals surface area contributed by atoms with Gasteiger partial charge >= 0.3 is 0 Å². The summed E-state index contributed by atoms with van der Waals surface area (Å²) in [6, 6.07) is 1.97.